The number of rotatable bonds is 5. The number of ketones is 1. The van der Waals surface area contributed by atoms with Crippen LogP contribution in [-0.4, -0.2) is 40.0 Å². The molecule has 0 amide bonds. The van der Waals surface area contributed by atoms with Crippen LogP contribution in [0.5, 0.6) is 0 Å². The number of nitrogens with zero attached hydrogens (tertiary/aromatic N) is 3. The van der Waals surface area contributed by atoms with Gasteiger partial charge in [-0.1, -0.05) is 13.8 Å². The van der Waals surface area contributed by atoms with Crippen LogP contribution >= 0.6 is 0 Å². The molecule has 5 fully saturated rings. The van der Waals surface area contributed by atoms with Gasteiger partial charge in [-0.2, -0.15) is 10.4 Å². The average molecular weight is 480 g/mol. The molecule has 190 valence electrons. The second-order valence-electron chi connectivity index (χ2n) is 13.6. The summed E-state index contributed by atoms with van der Waals surface area (Å²) < 4.78 is 7.60. The Kier molecular flexibility index (Phi) is 5.17. The zero-order valence-corrected chi connectivity index (χ0v) is 21.8. The molecule has 10 atom stereocenters. The Bertz CT molecular complexity index is 1070. The molecule has 1 aromatic heterocycles. The van der Waals surface area contributed by atoms with Gasteiger partial charge >= 0.3 is 0 Å². The van der Waals surface area contributed by atoms with E-state index in [0.29, 0.717) is 41.1 Å². The van der Waals surface area contributed by atoms with E-state index in [4.69, 9.17) is 10.00 Å². The molecule has 35 heavy (non-hydrogen) atoms. The highest BCUT2D eigenvalue weighted by atomic mass is 16.5. The highest BCUT2D eigenvalue weighted by Crippen LogP contribution is 2.81. The summed E-state index contributed by atoms with van der Waals surface area (Å²) >= 11 is 0. The highest BCUT2D eigenvalue weighted by molar-refractivity contribution is 5.83. The van der Waals surface area contributed by atoms with Gasteiger partial charge in [-0.05, 0) is 110 Å². The smallest absolute Gasteiger partial charge is 0.162 e. The summed E-state index contributed by atoms with van der Waals surface area (Å²) in [6, 6.07) is 3.76. The van der Waals surface area contributed by atoms with Crippen molar-refractivity contribution in [2.24, 2.45) is 51.8 Å². The number of nitriles is 1. The van der Waals surface area contributed by atoms with Gasteiger partial charge in [0.15, 0.2) is 11.5 Å². The fraction of sp³-hybridized carbons (Fsp3) is 0.828. The Morgan fingerprint density at radius 3 is 2.71 bits per heavy atom. The molecule has 5 saturated carbocycles. The van der Waals surface area contributed by atoms with E-state index in [9.17, 15) is 9.90 Å². The third-order valence-corrected chi connectivity index (χ3v) is 12.2. The van der Waals surface area contributed by atoms with E-state index < -0.39 is 5.60 Å². The molecule has 6 nitrogen and oxygen atoms in total. The second kappa shape index (κ2) is 7.65. The number of aromatic nitrogens is 2. The second-order valence-corrected chi connectivity index (χ2v) is 13.6. The standard InChI is InChI=1S/C29H41N3O3/c1-26(34)10-11-29(17-35-4)18(14-26)5-6-21-22(29)7-9-27(2)25(20-13-23(20)28(21,27)3)24(33)16-32-12-8-19(15-30)31-32/h8,12,18,20-23,25,34H,5-7,9-11,13-14,16-17H2,1-4H3/t18-,20?,21-,22+,23?,25?,26-,27-,28-,29-/m1/s1. The Labute approximate surface area is 209 Å². The van der Waals surface area contributed by atoms with Crippen molar-refractivity contribution in [2.75, 3.05) is 13.7 Å². The number of carbonyl (C=O) groups excluding carboxylic acids is 1. The number of hydrogen-bond donors (Lipinski definition) is 1. The maximum Gasteiger partial charge on any atom is 0.162 e. The van der Waals surface area contributed by atoms with Crippen LogP contribution in [0.15, 0.2) is 12.3 Å². The van der Waals surface area contributed by atoms with Crippen molar-refractivity contribution in [3.63, 3.8) is 0 Å². The summed E-state index contributed by atoms with van der Waals surface area (Å²) in [7, 11) is 1.85. The largest absolute Gasteiger partial charge is 0.390 e. The van der Waals surface area contributed by atoms with Crippen LogP contribution in [-0.2, 0) is 16.1 Å². The van der Waals surface area contributed by atoms with Gasteiger partial charge in [0, 0.05) is 19.2 Å². The lowest BCUT2D eigenvalue weighted by Crippen LogP contribution is -2.62. The van der Waals surface area contributed by atoms with Crippen LogP contribution in [0.4, 0.5) is 0 Å². The van der Waals surface area contributed by atoms with Crippen molar-refractivity contribution < 1.29 is 14.6 Å². The lowest BCUT2D eigenvalue weighted by Gasteiger charge is -2.66. The average Bonchev–Trinajstić information content (AvgIpc) is 3.39. The van der Waals surface area contributed by atoms with Crippen LogP contribution in [0.3, 0.4) is 0 Å². The molecule has 6 rings (SSSR count). The summed E-state index contributed by atoms with van der Waals surface area (Å²) in [6.07, 6.45) is 10.4. The van der Waals surface area contributed by atoms with Crippen LogP contribution in [0.2, 0.25) is 0 Å². The number of hydrogen-bond acceptors (Lipinski definition) is 5. The number of ether oxygens (including phenoxy) is 1. The van der Waals surface area contributed by atoms with Crippen LogP contribution in [0, 0.1) is 63.1 Å². The van der Waals surface area contributed by atoms with Crippen molar-refractivity contribution in [3.05, 3.63) is 18.0 Å². The van der Waals surface area contributed by atoms with E-state index >= 15 is 0 Å². The molecule has 0 aliphatic heterocycles. The maximum atomic E-state index is 13.8. The fourth-order valence-corrected chi connectivity index (χ4v) is 10.6. The molecule has 1 heterocycles. The van der Waals surface area contributed by atoms with Crippen LogP contribution in [0.1, 0.15) is 77.8 Å². The molecule has 0 aromatic carbocycles. The predicted octanol–water partition coefficient (Wildman–Crippen LogP) is 4.61. The molecule has 0 bridgehead atoms. The van der Waals surface area contributed by atoms with E-state index in [2.05, 4.69) is 25.0 Å². The first-order chi connectivity index (χ1) is 16.6. The summed E-state index contributed by atoms with van der Waals surface area (Å²) in [5.41, 5.74) is 0.183. The predicted molar refractivity (Wildman–Crippen MR) is 131 cm³/mol. The van der Waals surface area contributed by atoms with Gasteiger partial charge in [-0.25, -0.2) is 0 Å². The molecular formula is C29H41N3O3. The van der Waals surface area contributed by atoms with Crippen molar-refractivity contribution in [2.45, 2.75) is 84.3 Å². The summed E-state index contributed by atoms with van der Waals surface area (Å²) in [5.74, 6) is 3.33. The molecule has 5 aliphatic rings. The van der Waals surface area contributed by atoms with E-state index in [0.717, 1.165) is 32.3 Å². The first-order valence-electron chi connectivity index (χ1n) is 13.8. The Balaban J connectivity index is 1.31. The number of aliphatic hydroxyl groups is 1. The SMILES string of the molecule is COC[C@]12CC[C@@](C)(O)C[C@H]1CC[C@@H]1[C@@H]2CC[C@]2(C)C(C(=O)Cn3ccc(C#N)n3)C3CC3[C@@]12C. The van der Waals surface area contributed by atoms with Gasteiger partial charge < -0.3 is 9.84 Å². The minimum atomic E-state index is -0.549. The molecule has 5 aliphatic carbocycles. The van der Waals surface area contributed by atoms with Gasteiger partial charge in [-0.15, -0.1) is 0 Å². The molecule has 1 aromatic rings. The minimum Gasteiger partial charge on any atom is -0.390 e. The number of carbonyl (C=O) groups is 1. The van der Waals surface area contributed by atoms with E-state index in [1.54, 1.807) is 16.9 Å². The highest BCUT2D eigenvalue weighted by Gasteiger charge is 2.77. The lowest BCUT2D eigenvalue weighted by molar-refractivity contribution is -0.203. The summed E-state index contributed by atoms with van der Waals surface area (Å²) in [6.45, 7) is 8.08. The Morgan fingerprint density at radius 2 is 2.00 bits per heavy atom. The zero-order valence-electron chi connectivity index (χ0n) is 21.8. The summed E-state index contributed by atoms with van der Waals surface area (Å²) in [5, 5.41) is 24.3. The van der Waals surface area contributed by atoms with Gasteiger partial charge in [-0.3, -0.25) is 9.48 Å². The third-order valence-electron chi connectivity index (χ3n) is 12.2. The van der Waals surface area contributed by atoms with Gasteiger partial charge in [0.25, 0.3) is 0 Å². The minimum absolute atomic E-state index is 0.0191. The number of fused-ring (bicyclic) bond motifs is 7. The molecule has 0 radical (unpaired) electrons. The molecule has 1 N–H and O–H groups in total. The molecule has 0 spiro atoms. The molecular weight excluding hydrogens is 438 g/mol. The van der Waals surface area contributed by atoms with Gasteiger partial charge in [0.1, 0.15) is 6.07 Å². The Morgan fingerprint density at radius 1 is 1.20 bits per heavy atom. The van der Waals surface area contributed by atoms with E-state index in [1.807, 2.05) is 14.0 Å². The first-order valence-corrected chi connectivity index (χ1v) is 13.8. The number of Topliss-reactive ketones (excluding diaryl/α,β-unsaturated/α-hetero) is 1. The quantitative estimate of drug-likeness (QED) is 0.666. The van der Waals surface area contributed by atoms with Crippen molar-refractivity contribution in [3.8, 4) is 6.07 Å². The van der Waals surface area contributed by atoms with Crippen LogP contribution < -0.4 is 0 Å². The van der Waals surface area contributed by atoms with Gasteiger partial charge in [0.05, 0.1) is 18.8 Å². The van der Waals surface area contributed by atoms with Crippen LogP contribution in [0.25, 0.3) is 0 Å². The first kappa shape index (κ1) is 23.7. The maximum absolute atomic E-state index is 13.8. The van der Waals surface area contributed by atoms with E-state index in [-0.39, 0.29) is 28.7 Å². The molecule has 6 heteroatoms. The lowest BCUT2D eigenvalue weighted by atomic mass is 9.39. The zero-order chi connectivity index (χ0) is 24.8. The normalized spacial score (nSPS) is 49.8. The number of methoxy groups -OCH3 is 1. The van der Waals surface area contributed by atoms with Crippen molar-refractivity contribution in [1.29, 1.82) is 5.26 Å². The monoisotopic (exact) mass is 479 g/mol. The van der Waals surface area contributed by atoms with E-state index in [1.165, 1.54) is 25.7 Å². The molecule has 0 saturated heterocycles. The van der Waals surface area contributed by atoms with Gasteiger partial charge in [0.2, 0.25) is 0 Å². The van der Waals surface area contributed by atoms with Crippen molar-refractivity contribution in [1.82, 2.24) is 9.78 Å². The summed E-state index contributed by atoms with van der Waals surface area (Å²) in [4.78, 5) is 13.8. The fourth-order valence-electron chi connectivity index (χ4n) is 10.6. The van der Waals surface area contributed by atoms with Crippen molar-refractivity contribution >= 4 is 5.78 Å². The Hall–Kier alpha value is -1.71. The third kappa shape index (κ3) is 3.13. The topological polar surface area (TPSA) is 88.1 Å². The molecule has 3 unspecified atom stereocenters.